The topological polar surface area (TPSA) is 66.5 Å². The third-order valence-corrected chi connectivity index (χ3v) is 6.58. The Morgan fingerprint density at radius 2 is 1.43 bits per heavy atom. The molecule has 1 N–H and O–H groups in total. The summed E-state index contributed by atoms with van der Waals surface area (Å²) in [5.74, 6) is -0.368. The van der Waals surface area contributed by atoms with E-state index in [1.807, 2.05) is 57.2 Å². The summed E-state index contributed by atoms with van der Waals surface area (Å²) in [6.07, 6.45) is 0. The lowest BCUT2D eigenvalue weighted by molar-refractivity contribution is -0.119. The van der Waals surface area contributed by atoms with Crippen molar-refractivity contribution in [1.29, 1.82) is 0 Å². The van der Waals surface area contributed by atoms with Gasteiger partial charge in [-0.15, -0.1) is 0 Å². The normalized spacial score (nSPS) is 11.2. The summed E-state index contributed by atoms with van der Waals surface area (Å²) < 4.78 is 27.8. The molecule has 0 aromatic heterocycles. The fourth-order valence-electron chi connectivity index (χ4n) is 3.07. The third kappa shape index (κ3) is 5.27. The molecule has 3 aromatic rings. The maximum Gasteiger partial charge on any atom is 0.264 e. The molecular formula is C24H26N2O3S. The molecule has 5 nitrogen and oxygen atoms in total. The van der Waals surface area contributed by atoms with Crippen molar-refractivity contribution in [3.05, 3.63) is 95.1 Å². The minimum atomic E-state index is -3.90. The maximum atomic E-state index is 13.3. The number of nitrogens with one attached hydrogen (secondary N) is 1. The van der Waals surface area contributed by atoms with Crippen LogP contribution in [0.3, 0.4) is 0 Å². The van der Waals surface area contributed by atoms with Gasteiger partial charge in [0.25, 0.3) is 10.0 Å². The van der Waals surface area contributed by atoms with E-state index in [-0.39, 0.29) is 17.3 Å². The number of benzene rings is 3. The number of anilines is 1. The van der Waals surface area contributed by atoms with Crippen LogP contribution in [-0.2, 0) is 21.4 Å². The number of carbonyl (C=O) groups is 1. The van der Waals surface area contributed by atoms with Gasteiger partial charge in [0.05, 0.1) is 10.6 Å². The minimum Gasteiger partial charge on any atom is -0.350 e. The van der Waals surface area contributed by atoms with Crippen LogP contribution in [0.15, 0.2) is 77.7 Å². The molecule has 0 bridgehead atoms. The molecule has 0 atom stereocenters. The molecule has 30 heavy (non-hydrogen) atoms. The fraction of sp³-hybridized carbons (Fsp3) is 0.208. The Labute approximate surface area is 178 Å². The van der Waals surface area contributed by atoms with Crippen molar-refractivity contribution in [2.45, 2.75) is 32.2 Å². The van der Waals surface area contributed by atoms with E-state index < -0.39 is 10.0 Å². The Morgan fingerprint density at radius 1 is 0.833 bits per heavy atom. The van der Waals surface area contributed by atoms with Crippen LogP contribution >= 0.6 is 0 Å². The van der Waals surface area contributed by atoms with Crippen LogP contribution in [0.5, 0.6) is 0 Å². The van der Waals surface area contributed by atoms with Crippen LogP contribution < -0.4 is 9.62 Å². The fourth-order valence-corrected chi connectivity index (χ4v) is 4.49. The first-order valence-corrected chi connectivity index (χ1v) is 11.2. The molecule has 0 aliphatic carbocycles. The largest absolute Gasteiger partial charge is 0.350 e. The summed E-state index contributed by atoms with van der Waals surface area (Å²) in [6, 6.07) is 21.5. The van der Waals surface area contributed by atoms with Gasteiger partial charge in [-0.3, -0.25) is 9.10 Å². The summed E-state index contributed by atoms with van der Waals surface area (Å²) in [7, 11) is -3.90. The van der Waals surface area contributed by atoms with E-state index in [0.29, 0.717) is 12.2 Å². The van der Waals surface area contributed by atoms with Gasteiger partial charge in [0.2, 0.25) is 5.91 Å². The maximum absolute atomic E-state index is 13.3. The van der Waals surface area contributed by atoms with Crippen LogP contribution in [-0.4, -0.2) is 20.9 Å². The highest BCUT2D eigenvalue weighted by molar-refractivity contribution is 7.92. The predicted octanol–water partition coefficient (Wildman–Crippen LogP) is 4.12. The summed E-state index contributed by atoms with van der Waals surface area (Å²) in [5, 5.41) is 2.83. The van der Waals surface area contributed by atoms with Crippen molar-refractivity contribution >= 4 is 21.6 Å². The summed E-state index contributed by atoms with van der Waals surface area (Å²) in [4.78, 5) is 12.8. The predicted molar refractivity (Wildman–Crippen MR) is 120 cm³/mol. The SMILES string of the molecule is Cc1ccc(N(CC(=O)NCc2cccc(C)c2)S(=O)(=O)c2ccc(C)cc2)cc1. The van der Waals surface area contributed by atoms with E-state index in [0.717, 1.165) is 26.6 Å². The lowest BCUT2D eigenvalue weighted by atomic mass is 10.1. The van der Waals surface area contributed by atoms with Crippen molar-refractivity contribution in [3.63, 3.8) is 0 Å². The average Bonchev–Trinajstić information content (AvgIpc) is 2.71. The number of amides is 1. The molecule has 0 fully saturated rings. The second-order valence-corrected chi connectivity index (χ2v) is 9.29. The van der Waals surface area contributed by atoms with E-state index >= 15 is 0 Å². The molecule has 0 unspecified atom stereocenters. The second-order valence-electron chi connectivity index (χ2n) is 7.43. The minimum absolute atomic E-state index is 0.153. The molecule has 3 rings (SSSR count). The highest BCUT2D eigenvalue weighted by atomic mass is 32.2. The van der Waals surface area contributed by atoms with Crippen molar-refractivity contribution in [1.82, 2.24) is 5.32 Å². The zero-order valence-corrected chi connectivity index (χ0v) is 18.2. The number of hydrogen-bond donors (Lipinski definition) is 1. The molecule has 0 spiro atoms. The van der Waals surface area contributed by atoms with Gasteiger partial charge in [0.1, 0.15) is 6.54 Å². The molecule has 1 amide bonds. The van der Waals surface area contributed by atoms with Gasteiger partial charge in [-0.05, 0) is 50.6 Å². The van der Waals surface area contributed by atoms with Gasteiger partial charge in [-0.1, -0.05) is 65.2 Å². The first-order valence-electron chi connectivity index (χ1n) is 9.74. The lowest BCUT2D eigenvalue weighted by Crippen LogP contribution is -2.40. The number of rotatable bonds is 7. The molecule has 156 valence electrons. The Bertz CT molecular complexity index is 1120. The zero-order chi connectivity index (χ0) is 21.7. The smallest absolute Gasteiger partial charge is 0.264 e. The van der Waals surface area contributed by atoms with Crippen LogP contribution in [0.2, 0.25) is 0 Å². The first-order chi connectivity index (χ1) is 14.3. The van der Waals surface area contributed by atoms with Crippen LogP contribution in [0.25, 0.3) is 0 Å². The van der Waals surface area contributed by atoms with Gasteiger partial charge in [0.15, 0.2) is 0 Å². The number of carbonyl (C=O) groups excluding carboxylic acids is 1. The average molecular weight is 423 g/mol. The van der Waals surface area contributed by atoms with Crippen LogP contribution in [0, 0.1) is 20.8 Å². The number of nitrogens with zero attached hydrogens (tertiary/aromatic N) is 1. The van der Waals surface area contributed by atoms with Gasteiger partial charge in [0, 0.05) is 6.54 Å². The lowest BCUT2D eigenvalue weighted by Gasteiger charge is -2.24. The second kappa shape index (κ2) is 9.13. The van der Waals surface area contributed by atoms with E-state index in [2.05, 4.69) is 5.32 Å². The van der Waals surface area contributed by atoms with Gasteiger partial charge in [-0.2, -0.15) is 0 Å². The summed E-state index contributed by atoms with van der Waals surface area (Å²) in [5.41, 5.74) is 4.49. The van der Waals surface area contributed by atoms with E-state index in [1.54, 1.807) is 36.4 Å². The van der Waals surface area contributed by atoms with Crippen LogP contribution in [0.4, 0.5) is 5.69 Å². The molecular weight excluding hydrogens is 396 g/mol. The Morgan fingerprint density at radius 3 is 2.03 bits per heavy atom. The molecule has 0 radical (unpaired) electrons. The molecule has 6 heteroatoms. The number of sulfonamides is 1. The van der Waals surface area contributed by atoms with Crippen molar-refractivity contribution in [3.8, 4) is 0 Å². The van der Waals surface area contributed by atoms with Gasteiger partial charge in [-0.25, -0.2) is 8.42 Å². The summed E-state index contributed by atoms with van der Waals surface area (Å²) >= 11 is 0. The molecule has 0 saturated heterocycles. The van der Waals surface area contributed by atoms with Crippen molar-refractivity contribution in [2.24, 2.45) is 0 Å². The standard InChI is InChI=1S/C24H26N2O3S/c1-18-7-11-22(12-8-18)26(30(28,29)23-13-9-19(2)10-14-23)17-24(27)25-16-21-6-4-5-20(3)15-21/h4-15H,16-17H2,1-3H3,(H,25,27). The summed E-state index contributed by atoms with van der Waals surface area (Å²) in [6.45, 7) is 5.85. The van der Waals surface area contributed by atoms with Gasteiger partial charge < -0.3 is 5.32 Å². The molecule has 0 aliphatic heterocycles. The highest BCUT2D eigenvalue weighted by Gasteiger charge is 2.27. The third-order valence-electron chi connectivity index (χ3n) is 4.79. The van der Waals surface area contributed by atoms with E-state index in [4.69, 9.17) is 0 Å². The van der Waals surface area contributed by atoms with Crippen molar-refractivity contribution in [2.75, 3.05) is 10.8 Å². The van der Waals surface area contributed by atoms with Gasteiger partial charge >= 0.3 is 0 Å². The number of hydrogen-bond acceptors (Lipinski definition) is 3. The Kier molecular flexibility index (Phi) is 6.57. The van der Waals surface area contributed by atoms with Crippen molar-refractivity contribution < 1.29 is 13.2 Å². The molecule has 0 heterocycles. The Hall–Kier alpha value is -3.12. The zero-order valence-electron chi connectivity index (χ0n) is 17.4. The highest BCUT2D eigenvalue weighted by Crippen LogP contribution is 2.24. The monoisotopic (exact) mass is 422 g/mol. The molecule has 0 aliphatic rings. The number of aryl methyl sites for hydroxylation is 3. The van der Waals surface area contributed by atoms with Crippen LogP contribution in [0.1, 0.15) is 22.3 Å². The Balaban J connectivity index is 1.85. The molecule has 0 saturated carbocycles. The quantitative estimate of drug-likeness (QED) is 0.623. The molecule has 3 aromatic carbocycles. The van der Waals surface area contributed by atoms with E-state index in [1.165, 1.54) is 0 Å². The van der Waals surface area contributed by atoms with E-state index in [9.17, 15) is 13.2 Å². The first kappa shape index (κ1) is 21.6.